The van der Waals surface area contributed by atoms with Crippen LogP contribution in [0.15, 0.2) is 36.4 Å². The minimum absolute atomic E-state index is 0.230. The van der Waals surface area contributed by atoms with E-state index in [1.54, 1.807) is 11.3 Å². The maximum Gasteiger partial charge on any atom is 0.232 e. The molecule has 0 bridgehead atoms. The van der Waals surface area contributed by atoms with Crippen molar-refractivity contribution in [2.24, 2.45) is 0 Å². The van der Waals surface area contributed by atoms with E-state index in [1.165, 1.54) is 15.3 Å². The zero-order chi connectivity index (χ0) is 11.8. The predicted octanol–water partition coefficient (Wildman–Crippen LogP) is 3.32. The molecule has 2 aromatic rings. The van der Waals surface area contributed by atoms with Crippen LogP contribution < -0.4 is 4.90 Å². The van der Waals surface area contributed by atoms with Gasteiger partial charge in [-0.2, -0.15) is 0 Å². The van der Waals surface area contributed by atoms with E-state index in [-0.39, 0.29) is 5.91 Å². The molecule has 0 N–H and O–H groups in total. The van der Waals surface area contributed by atoms with Gasteiger partial charge < -0.3 is 4.90 Å². The minimum Gasteiger partial charge on any atom is -0.311 e. The Balaban J connectivity index is 2.03. The molecule has 3 heteroatoms. The van der Waals surface area contributed by atoms with E-state index in [0.29, 0.717) is 6.42 Å². The number of hydrogen-bond donors (Lipinski definition) is 0. The van der Waals surface area contributed by atoms with Crippen molar-refractivity contribution in [2.45, 2.75) is 13.3 Å². The highest BCUT2D eigenvalue weighted by molar-refractivity contribution is 7.16. The Kier molecular flexibility index (Phi) is 2.48. The molecular weight excluding hydrogens is 230 g/mol. The van der Waals surface area contributed by atoms with Gasteiger partial charge in [0.2, 0.25) is 5.91 Å². The largest absolute Gasteiger partial charge is 0.311 e. The van der Waals surface area contributed by atoms with Crippen molar-refractivity contribution < 1.29 is 4.79 Å². The van der Waals surface area contributed by atoms with Crippen LogP contribution in [0.25, 0.3) is 10.4 Å². The van der Waals surface area contributed by atoms with Crippen molar-refractivity contribution in [1.29, 1.82) is 0 Å². The Bertz CT molecular complexity index is 559. The first-order chi connectivity index (χ1) is 8.29. The van der Waals surface area contributed by atoms with Crippen molar-refractivity contribution >= 4 is 22.9 Å². The molecule has 1 aliphatic rings. The highest BCUT2D eigenvalue weighted by atomic mass is 32.1. The van der Waals surface area contributed by atoms with Gasteiger partial charge in [0.1, 0.15) is 0 Å². The molecule has 0 saturated heterocycles. The van der Waals surface area contributed by atoms with Crippen molar-refractivity contribution in [1.82, 2.24) is 0 Å². The van der Waals surface area contributed by atoms with Crippen LogP contribution in [0.4, 0.5) is 5.69 Å². The zero-order valence-electron chi connectivity index (χ0n) is 9.64. The number of fused-ring (bicyclic) bond motifs is 1. The number of benzene rings is 1. The Morgan fingerprint density at radius 2 is 2.06 bits per heavy atom. The van der Waals surface area contributed by atoms with Gasteiger partial charge in [0.25, 0.3) is 0 Å². The third-order valence-corrected chi connectivity index (χ3v) is 4.24. The van der Waals surface area contributed by atoms with Crippen molar-refractivity contribution in [2.75, 3.05) is 11.4 Å². The number of thiophene rings is 1. The molecule has 1 amide bonds. The fourth-order valence-corrected chi connectivity index (χ4v) is 3.39. The summed E-state index contributed by atoms with van der Waals surface area (Å²) in [4.78, 5) is 16.0. The lowest BCUT2D eigenvalue weighted by Crippen LogP contribution is -2.25. The molecule has 1 aromatic carbocycles. The lowest BCUT2D eigenvalue weighted by atomic mass is 10.2. The molecule has 0 spiro atoms. The van der Waals surface area contributed by atoms with Crippen molar-refractivity contribution in [3.63, 3.8) is 0 Å². The van der Waals surface area contributed by atoms with Gasteiger partial charge in [-0.25, -0.2) is 0 Å². The van der Waals surface area contributed by atoms with Crippen LogP contribution >= 0.6 is 11.3 Å². The number of rotatable bonds is 2. The summed E-state index contributed by atoms with van der Waals surface area (Å²) in [6.07, 6.45) is 0.570. The number of likely N-dealkylation sites (N-methyl/N-ethyl adjacent to an activating group) is 1. The molecule has 17 heavy (non-hydrogen) atoms. The van der Waals surface area contributed by atoms with Gasteiger partial charge >= 0.3 is 0 Å². The van der Waals surface area contributed by atoms with Gasteiger partial charge in [0.15, 0.2) is 0 Å². The van der Waals surface area contributed by atoms with E-state index in [1.807, 2.05) is 30.0 Å². The van der Waals surface area contributed by atoms with E-state index < -0.39 is 0 Å². The summed E-state index contributed by atoms with van der Waals surface area (Å²) >= 11 is 1.74. The summed E-state index contributed by atoms with van der Waals surface area (Å²) in [5.74, 6) is 0.230. The molecule has 1 aromatic heterocycles. The number of amides is 1. The Labute approximate surface area is 105 Å². The quantitative estimate of drug-likeness (QED) is 0.792. The molecule has 0 aliphatic carbocycles. The van der Waals surface area contributed by atoms with Gasteiger partial charge in [-0.15, -0.1) is 11.3 Å². The Morgan fingerprint density at radius 1 is 1.29 bits per heavy atom. The van der Waals surface area contributed by atoms with Crippen molar-refractivity contribution in [3.8, 4) is 10.4 Å². The third-order valence-electron chi connectivity index (χ3n) is 3.06. The standard InChI is InChI=1S/C14H13NOS/c1-2-15-11-8-12(10-6-4-3-5-7-10)17-13(11)9-14(15)16/h3-8H,2,9H2,1H3. The summed E-state index contributed by atoms with van der Waals surface area (Å²) in [5.41, 5.74) is 2.34. The van der Waals surface area contributed by atoms with Gasteiger partial charge in [0, 0.05) is 16.3 Å². The Hall–Kier alpha value is -1.61. The number of nitrogens with zero attached hydrogens (tertiary/aromatic N) is 1. The third kappa shape index (κ3) is 1.67. The number of carbonyl (C=O) groups is 1. The summed E-state index contributed by atoms with van der Waals surface area (Å²) < 4.78 is 0. The van der Waals surface area contributed by atoms with Crippen LogP contribution in [0.5, 0.6) is 0 Å². The molecule has 86 valence electrons. The van der Waals surface area contributed by atoms with Gasteiger partial charge in [0.05, 0.1) is 12.1 Å². The lowest BCUT2D eigenvalue weighted by molar-refractivity contribution is -0.117. The van der Waals surface area contributed by atoms with Crippen LogP contribution in [-0.4, -0.2) is 12.5 Å². The first-order valence-corrected chi connectivity index (χ1v) is 6.59. The molecule has 0 radical (unpaired) electrons. The normalized spacial score (nSPS) is 14.2. The molecule has 0 unspecified atom stereocenters. The molecule has 0 saturated carbocycles. The highest BCUT2D eigenvalue weighted by Crippen LogP contribution is 2.40. The predicted molar refractivity (Wildman–Crippen MR) is 71.5 cm³/mol. The number of hydrogen-bond acceptors (Lipinski definition) is 2. The number of anilines is 1. The smallest absolute Gasteiger partial charge is 0.232 e. The van der Waals surface area contributed by atoms with E-state index in [0.717, 1.165) is 12.2 Å². The SMILES string of the molecule is CCN1C(=O)Cc2sc(-c3ccccc3)cc21. The van der Waals surface area contributed by atoms with Crippen LogP contribution in [0.2, 0.25) is 0 Å². The molecule has 1 aliphatic heterocycles. The maximum absolute atomic E-state index is 11.7. The average molecular weight is 243 g/mol. The van der Waals surface area contributed by atoms with E-state index in [2.05, 4.69) is 18.2 Å². The maximum atomic E-state index is 11.7. The fourth-order valence-electron chi connectivity index (χ4n) is 2.23. The van der Waals surface area contributed by atoms with Gasteiger partial charge in [-0.05, 0) is 18.6 Å². The molecule has 2 nitrogen and oxygen atoms in total. The topological polar surface area (TPSA) is 20.3 Å². The average Bonchev–Trinajstić information content (AvgIpc) is 2.86. The minimum atomic E-state index is 0.230. The molecule has 0 fully saturated rings. The summed E-state index contributed by atoms with van der Waals surface area (Å²) in [7, 11) is 0. The van der Waals surface area contributed by atoms with Crippen molar-refractivity contribution in [3.05, 3.63) is 41.3 Å². The van der Waals surface area contributed by atoms with E-state index in [4.69, 9.17) is 0 Å². The van der Waals surface area contributed by atoms with Crippen LogP contribution in [-0.2, 0) is 11.2 Å². The molecular formula is C14H13NOS. The summed E-state index contributed by atoms with van der Waals surface area (Å²) in [5, 5.41) is 0. The van der Waals surface area contributed by atoms with Crippen LogP contribution in [0.1, 0.15) is 11.8 Å². The summed E-state index contributed by atoms with van der Waals surface area (Å²) in [6.45, 7) is 2.78. The zero-order valence-corrected chi connectivity index (χ0v) is 10.5. The molecule has 0 atom stereocenters. The first-order valence-electron chi connectivity index (χ1n) is 5.78. The monoisotopic (exact) mass is 243 g/mol. The second kappa shape index (κ2) is 4.00. The second-order valence-electron chi connectivity index (χ2n) is 4.10. The lowest BCUT2D eigenvalue weighted by Gasteiger charge is -2.12. The first kappa shape index (κ1) is 10.5. The molecule has 2 heterocycles. The van der Waals surface area contributed by atoms with Gasteiger partial charge in [-0.3, -0.25) is 4.79 Å². The van der Waals surface area contributed by atoms with Gasteiger partial charge in [-0.1, -0.05) is 30.3 Å². The highest BCUT2D eigenvalue weighted by Gasteiger charge is 2.28. The van der Waals surface area contributed by atoms with Crippen LogP contribution in [0, 0.1) is 0 Å². The summed E-state index contributed by atoms with van der Waals surface area (Å²) in [6, 6.07) is 12.5. The Morgan fingerprint density at radius 3 is 2.76 bits per heavy atom. The second-order valence-corrected chi connectivity index (χ2v) is 5.24. The fraction of sp³-hybridized carbons (Fsp3) is 0.214. The van der Waals surface area contributed by atoms with Crippen LogP contribution in [0.3, 0.4) is 0 Å². The van der Waals surface area contributed by atoms with E-state index >= 15 is 0 Å². The number of carbonyl (C=O) groups excluding carboxylic acids is 1. The van der Waals surface area contributed by atoms with E-state index in [9.17, 15) is 4.79 Å². The molecule has 3 rings (SSSR count).